The molecule has 1 aromatic heterocycles. The third kappa shape index (κ3) is 3.53. The molecule has 2 aromatic rings. The van der Waals surface area contributed by atoms with Crippen molar-refractivity contribution < 1.29 is 14.3 Å². The van der Waals surface area contributed by atoms with Gasteiger partial charge in [-0.1, -0.05) is 18.0 Å². The van der Waals surface area contributed by atoms with E-state index in [0.29, 0.717) is 16.6 Å². The number of fused-ring (bicyclic) bond motifs is 1. The van der Waals surface area contributed by atoms with Gasteiger partial charge in [0.1, 0.15) is 5.52 Å². The quantitative estimate of drug-likeness (QED) is 0.856. The Hall–Kier alpha value is -1.79. The van der Waals surface area contributed by atoms with Crippen molar-refractivity contribution in [3.05, 3.63) is 23.2 Å². The molecule has 0 spiro atoms. The van der Waals surface area contributed by atoms with Gasteiger partial charge in [-0.05, 0) is 37.8 Å². The van der Waals surface area contributed by atoms with Gasteiger partial charge in [0.25, 0.3) is 6.01 Å². The molecule has 2 atom stereocenters. The molecule has 0 bridgehead atoms. The first kappa shape index (κ1) is 17.6. The van der Waals surface area contributed by atoms with Crippen LogP contribution < -0.4 is 10.2 Å². The molecule has 1 aliphatic heterocycles. The number of halogens is 1. The van der Waals surface area contributed by atoms with E-state index in [0.717, 1.165) is 50.7 Å². The van der Waals surface area contributed by atoms with Crippen molar-refractivity contribution in [1.82, 2.24) is 10.3 Å². The SMILES string of the molecule is O=C(N[C@H]1CCC[C@H]1CO)C1CCN(c2nc3ccc(Cl)cc3o2)CC1. The zero-order valence-corrected chi connectivity index (χ0v) is 15.4. The summed E-state index contributed by atoms with van der Waals surface area (Å²) in [4.78, 5) is 19.2. The fourth-order valence-corrected chi connectivity index (χ4v) is 4.26. The fourth-order valence-electron chi connectivity index (χ4n) is 4.10. The number of hydrogen-bond donors (Lipinski definition) is 2. The van der Waals surface area contributed by atoms with Crippen LogP contribution >= 0.6 is 11.6 Å². The second kappa shape index (κ2) is 7.45. The molecule has 2 N–H and O–H groups in total. The minimum atomic E-state index is 0.0185. The number of nitrogens with one attached hydrogen (secondary N) is 1. The third-order valence-corrected chi connectivity index (χ3v) is 5.93. The van der Waals surface area contributed by atoms with Gasteiger partial charge in [-0.3, -0.25) is 4.79 Å². The summed E-state index contributed by atoms with van der Waals surface area (Å²) in [5.74, 6) is 0.356. The molecule has 2 aliphatic rings. The van der Waals surface area contributed by atoms with Gasteiger partial charge in [-0.15, -0.1) is 0 Å². The number of carbonyl (C=O) groups excluding carboxylic acids is 1. The topological polar surface area (TPSA) is 78.6 Å². The van der Waals surface area contributed by atoms with Crippen molar-refractivity contribution in [2.24, 2.45) is 11.8 Å². The molecule has 1 aromatic carbocycles. The van der Waals surface area contributed by atoms with E-state index in [9.17, 15) is 9.90 Å². The maximum atomic E-state index is 12.6. The monoisotopic (exact) mass is 377 g/mol. The minimum Gasteiger partial charge on any atom is -0.423 e. The molecule has 1 saturated carbocycles. The van der Waals surface area contributed by atoms with E-state index in [1.165, 1.54) is 0 Å². The van der Waals surface area contributed by atoms with E-state index >= 15 is 0 Å². The molecule has 7 heteroatoms. The van der Waals surface area contributed by atoms with Gasteiger partial charge < -0.3 is 19.7 Å². The summed E-state index contributed by atoms with van der Waals surface area (Å²) in [6, 6.07) is 6.15. The predicted octanol–water partition coefficient (Wildman–Crippen LogP) is 2.97. The van der Waals surface area contributed by atoms with E-state index in [-0.39, 0.29) is 30.4 Å². The second-order valence-electron chi connectivity index (χ2n) is 7.36. The molecule has 2 fully saturated rings. The van der Waals surface area contributed by atoms with Gasteiger partial charge in [-0.25, -0.2) is 0 Å². The Morgan fingerprint density at radius 3 is 2.88 bits per heavy atom. The Morgan fingerprint density at radius 1 is 1.31 bits per heavy atom. The number of oxazole rings is 1. The highest BCUT2D eigenvalue weighted by molar-refractivity contribution is 6.31. The summed E-state index contributed by atoms with van der Waals surface area (Å²) >= 11 is 6.00. The summed E-state index contributed by atoms with van der Waals surface area (Å²) in [7, 11) is 0. The molecule has 0 unspecified atom stereocenters. The van der Waals surface area contributed by atoms with Crippen molar-refractivity contribution in [3.63, 3.8) is 0 Å². The number of hydrogen-bond acceptors (Lipinski definition) is 5. The van der Waals surface area contributed by atoms with Crippen molar-refractivity contribution in [3.8, 4) is 0 Å². The van der Waals surface area contributed by atoms with Crippen molar-refractivity contribution in [1.29, 1.82) is 0 Å². The highest BCUT2D eigenvalue weighted by Gasteiger charge is 2.32. The maximum absolute atomic E-state index is 12.6. The van der Waals surface area contributed by atoms with Crippen LogP contribution in [0.4, 0.5) is 6.01 Å². The minimum absolute atomic E-state index is 0.0185. The van der Waals surface area contributed by atoms with Crippen LogP contribution in [0.2, 0.25) is 5.02 Å². The molecule has 1 amide bonds. The molecule has 1 aliphatic carbocycles. The molecular weight excluding hydrogens is 354 g/mol. The van der Waals surface area contributed by atoms with Crippen molar-refractivity contribution in [2.75, 3.05) is 24.6 Å². The highest BCUT2D eigenvalue weighted by Crippen LogP contribution is 2.29. The molecule has 140 valence electrons. The van der Waals surface area contributed by atoms with Gasteiger partial charge in [0.05, 0.1) is 0 Å². The Morgan fingerprint density at radius 2 is 2.12 bits per heavy atom. The zero-order chi connectivity index (χ0) is 18.1. The number of carbonyl (C=O) groups is 1. The fraction of sp³-hybridized carbons (Fsp3) is 0.579. The van der Waals surface area contributed by atoms with Gasteiger partial charge in [0.15, 0.2) is 5.58 Å². The summed E-state index contributed by atoms with van der Waals surface area (Å²) in [5, 5.41) is 13.2. The first-order valence-corrected chi connectivity index (χ1v) is 9.74. The van der Waals surface area contributed by atoms with E-state index in [4.69, 9.17) is 16.0 Å². The van der Waals surface area contributed by atoms with Crippen LogP contribution in [0.1, 0.15) is 32.1 Å². The Bertz CT molecular complexity index is 785. The van der Waals surface area contributed by atoms with Gasteiger partial charge in [0.2, 0.25) is 5.91 Å². The summed E-state index contributed by atoms with van der Waals surface area (Å²) < 4.78 is 5.82. The summed E-state index contributed by atoms with van der Waals surface area (Å²) in [5.41, 5.74) is 1.48. The lowest BCUT2D eigenvalue weighted by Crippen LogP contribution is -2.45. The lowest BCUT2D eigenvalue weighted by molar-refractivity contribution is -0.126. The van der Waals surface area contributed by atoms with Crippen LogP contribution in [-0.2, 0) is 4.79 Å². The third-order valence-electron chi connectivity index (χ3n) is 5.70. The average molecular weight is 378 g/mol. The number of aliphatic hydroxyl groups is 1. The maximum Gasteiger partial charge on any atom is 0.298 e. The Balaban J connectivity index is 1.35. The first-order chi connectivity index (χ1) is 12.6. The number of rotatable bonds is 4. The zero-order valence-electron chi connectivity index (χ0n) is 14.7. The average Bonchev–Trinajstić information content (AvgIpc) is 3.27. The Labute approximate surface area is 157 Å². The Kier molecular flexibility index (Phi) is 5.05. The summed E-state index contributed by atoms with van der Waals surface area (Å²) in [6.07, 6.45) is 4.61. The molecule has 26 heavy (non-hydrogen) atoms. The van der Waals surface area contributed by atoms with Crippen molar-refractivity contribution >= 4 is 34.6 Å². The van der Waals surface area contributed by atoms with E-state index < -0.39 is 0 Å². The smallest absolute Gasteiger partial charge is 0.298 e. The van der Waals surface area contributed by atoms with E-state index in [1.807, 2.05) is 6.07 Å². The van der Waals surface area contributed by atoms with Crippen LogP contribution in [0.3, 0.4) is 0 Å². The van der Waals surface area contributed by atoms with E-state index in [1.54, 1.807) is 12.1 Å². The second-order valence-corrected chi connectivity index (χ2v) is 7.79. The highest BCUT2D eigenvalue weighted by atomic mass is 35.5. The van der Waals surface area contributed by atoms with Gasteiger partial charge in [0, 0.05) is 48.7 Å². The summed E-state index contributed by atoms with van der Waals surface area (Å²) in [6.45, 7) is 1.64. The number of nitrogens with zero attached hydrogens (tertiary/aromatic N) is 2. The van der Waals surface area contributed by atoms with Crippen LogP contribution in [-0.4, -0.2) is 41.7 Å². The van der Waals surface area contributed by atoms with E-state index in [2.05, 4.69) is 15.2 Å². The lowest BCUT2D eigenvalue weighted by atomic mass is 9.95. The van der Waals surface area contributed by atoms with Crippen LogP contribution in [0, 0.1) is 11.8 Å². The molecular formula is C19H24ClN3O3. The van der Waals surface area contributed by atoms with Crippen molar-refractivity contribution in [2.45, 2.75) is 38.1 Å². The van der Waals surface area contributed by atoms with Gasteiger partial charge >= 0.3 is 0 Å². The number of aromatic nitrogens is 1. The number of aliphatic hydroxyl groups excluding tert-OH is 1. The number of anilines is 1. The molecule has 4 rings (SSSR count). The van der Waals surface area contributed by atoms with Gasteiger partial charge in [-0.2, -0.15) is 4.98 Å². The molecule has 0 radical (unpaired) electrons. The van der Waals surface area contributed by atoms with Crippen LogP contribution in [0.5, 0.6) is 0 Å². The number of amides is 1. The number of benzene rings is 1. The predicted molar refractivity (Wildman–Crippen MR) is 100 cm³/mol. The molecule has 6 nitrogen and oxygen atoms in total. The van der Waals surface area contributed by atoms with Crippen LogP contribution in [0.25, 0.3) is 11.1 Å². The van der Waals surface area contributed by atoms with Crippen LogP contribution in [0.15, 0.2) is 22.6 Å². The first-order valence-electron chi connectivity index (χ1n) is 9.36. The molecule has 2 heterocycles. The normalized spacial score (nSPS) is 24.3. The molecule has 1 saturated heterocycles. The largest absolute Gasteiger partial charge is 0.423 e. The lowest BCUT2D eigenvalue weighted by Gasteiger charge is -2.31. The standard InChI is InChI=1S/C19H24ClN3O3/c20-14-4-5-16-17(10-14)26-19(22-16)23-8-6-12(7-9-23)18(25)21-15-3-1-2-13(15)11-24/h4-5,10,12-13,15,24H,1-3,6-9,11H2,(H,21,25)/t13-,15-/m0/s1. The number of piperidine rings is 1.